The molecule has 0 spiro atoms. The van der Waals surface area contributed by atoms with E-state index in [0.29, 0.717) is 0 Å². The molecule has 35 heavy (non-hydrogen) atoms. The largest absolute Gasteiger partial charge is 0.495 e. The van der Waals surface area contributed by atoms with Gasteiger partial charge >= 0.3 is 0 Å². The van der Waals surface area contributed by atoms with Gasteiger partial charge in [0.15, 0.2) is 11.9 Å². The topological polar surface area (TPSA) is 72.1 Å². The Morgan fingerprint density at radius 1 is 1.23 bits per heavy atom. The summed E-state index contributed by atoms with van der Waals surface area (Å²) >= 11 is 0. The van der Waals surface area contributed by atoms with E-state index < -0.39 is 12.2 Å². The molecule has 1 N–H and O–H groups in total. The van der Waals surface area contributed by atoms with Crippen LogP contribution < -0.4 is 4.74 Å². The monoisotopic (exact) mass is 476 g/mol. The third kappa shape index (κ3) is 4.53. The predicted octanol–water partition coefficient (Wildman–Crippen LogP) is 4.64. The van der Waals surface area contributed by atoms with Crippen LogP contribution in [-0.2, 0) is 4.84 Å². The minimum absolute atomic E-state index is 0.270. The van der Waals surface area contributed by atoms with Crippen molar-refractivity contribution in [2.75, 3.05) is 13.7 Å². The van der Waals surface area contributed by atoms with Crippen LogP contribution in [0.2, 0.25) is 0 Å². The normalized spacial score (nSPS) is 21.8. The molecule has 0 aliphatic carbocycles. The average Bonchev–Trinajstić information content (AvgIpc) is 3.30. The fourth-order valence-electron chi connectivity index (χ4n) is 4.84. The fourth-order valence-corrected chi connectivity index (χ4v) is 4.84. The number of oxime groups is 1. The SMILES string of the molecule is COc1cc(C=C2CCCN3C2=NOC(C(C)O)C3c2ccc(F)cc2)ccc1-n1cnc(C)c1. The second-order valence-corrected chi connectivity index (χ2v) is 9.04. The molecule has 0 saturated carbocycles. The summed E-state index contributed by atoms with van der Waals surface area (Å²) in [6.07, 6.45) is 6.31. The first-order chi connectivity index (χ1) is 16.9. The first-order valence-electron chi connectivity index (χ1n) is 11.8. The molecule has 0 amide bonds. The number of methoxy groups -OCH3 is 1. The number of ether oxygens (including phenoxy) is 1. The maximum absolute atomic E-state index is 13.6. The van der Waals surface area contributed by atoms with Crippen molar-refractivity contribution in [3.05, 3.63) is 83.2 Å². The number of halogens is 1. The number of aliphatic hydroxyl groups is 1. The van der Waals surface area contributed by atoms with E-state index >= 15 is 0 Å². The van der Waals surface area contributed by atoms with Gasteiger partial charge < -0.3 is 24.1 Å². The molecule has 2 aliphatic rings. The van der Waals surface area contributed by atoms with Crippen LogP contribution in [0.4, 0.5) is 4.39 Å². The lowest BCUT2D eigenvalue weighted by atomic mass is 9.91. The van der Waals surface area contributed by atoms with E-state index in [4.69, 9.17) is 9.57 Å². The van der Waals surface area contributed by atoms with Crippen molar-refractivity contribution in [2.24, 2.45) is 5.16 Å². The van der Waals surface area contributed by atoms with Crippen molar-refractivity contribution in [1.82, 2.24) is 14.5 Å². The molecule has 3 heterocycles. The maximum Gasteiger partial charge on any atom is 0.177 e. The molecule has 3 aromatic rings. The number of aromatic nitrogens is 2. The number of benzene rings is 2. The summed E-state index contributed by atoms with van der Waals surface area (Å²) in [5, 5.41) is 14.8. The summed E-state index contributed by atoms with van der Waals surface area (Å²) in [4.78, 5) is 12.3. The number of piperidine rings is 1. The zero-order valence-electron chi connectivity index (χ0n) is 20.1. The number of fused-ring (bicyclic) bond motifs is 1. The highest BCUT2D eigenvalue weighted by molar-refractivity contribution is 6.03. The van der Waals surface area contributed by atoms with Crippen LogP contribution in [0, 0.1) is 12.7 Å². The van der Waals surface area contributed by atoms with Crippen molar-refractivity contribution < 1.29 is 19.1 Å². The Labute approximate surface area is 204 Å². The highest BCUT2D eigenvalue weighted by Crippen LogP contribution is 2.38. The van der Waals surface area contributed by atoms with E-state index in [9.17, 15) is 9.50 Å². The zero-order chi connectivity index (χ0) is 24.5. The Morgan fingerprint density at radius 3 is 2.71 bits per heavy atom. The summed E-state index contributed by atoms with van der Waals surface area (Å²) in [7, 11) is 1.66. The number of amidine groups is 1. The van der Waals surface area contributed by atoms with E-state index in [2.05, 4.69) is 21.1 Å². The Morgan fingerprint density at radius 2 is 2.03 bits per heavy atom. The van der Waals surface area contributed by atoms with E-state index in [0.717, 1.165) is 59.1 Å². The molecule has 3 unspecified atom stereocenters. The molecule has 0 bridgehead atoms. The second kappa shape index (κ2) is 9.54. The molecule has 1 saturated heterocycles. The highest BCUT2D eigenvalue weighted by Gasteiger charge is 2.41. The molecule has 182 valence electrons. The van der Waals surface area contributed by atoms with Gasteiger partial charge in [-0.25, -0.2) is 9.37 Å². The molecular formula is C27H29FN4O3. The van der Waals surface area contributed by atoms with E-state index in [1.54, 1.807) is 32.5 Å². The standard InChI is InChI=1S/C27H29FN4O3/c1-17-15-31(16-29-17)23-11-6-19(14-24(23)34-3)13-21-5-4-12-32-25(20-7-9-22(28)10-8-20)26(18(2)33)35-30-27(21)32/h6-11,13-16,18,25-26,33H,4-5,12H2,1-3H3. The molecule has 1 fully saturated rings. The number of aliphatic hydroxyl groups excluding tert-OH is 1. The number of nitrogens with zero attached hydrogens (tertiary/aromatic N) is 4. The number of aryl methyl sites for hydroxylation is 1. The second-order valence-electron chi connectivity index (χ2n) is 9.04. The van der Waals surface area contributed by atoms with Crippen LogP contribution in [-0.4, -0.2) is 51.3 Å². The van der Waals surface area contributed by atoms with Crippen molar-refractivity contribution in [2.45, 2.75) is 44.9 Å². The van der Waals surface area contributed by atoms with Crippen LogP contribution in [0.15, 0.2) is 65.7 Å². The lowest BCUT2D eigenvalue weighted by Gasteiger charge is -2.44. The summed E-state index contributed by atoms with van der Waals surface area (Å²) in [5.41, 5.74) is 4.75. The van der Waals surface area contributed by atoms with Gasteiger partial charge in [-0.15, -0.1) is 0 Å². The van der Waals surface area contributed by atoms with Gasteiger partial charge in [0.2, 0.25) is 0 Å². The fraction of sp³-hybridized carbons (Fsp3) is 0.333. The van der Waals surface area contributed by atoms with Gasteiger partial charge in [0.25, 0.3) is 0 Å². The lowest BCUT2D eigenvalue weighted by Crippen LogP contribution is -2.51. The average molecular weight is 477 g/mol. The number of rotatable bonds is 5. The van der Waals surface area contributed by atoms with Gasteiger partial charge in [0, 0.05) is 12.7 Å². The van der Waals surface area contributed by atoms with Gasteiger partial charge in [-0.1, -0.05) is 23.4 Å². The molecule has 8 heteroatoms. The predicted molar refractivity (Wildman–Crippen MR) is 132 cm³/mol. The van der Waals surface area contributed by atoms with Gasteiger partial charge in [-0.3, -0.25) is 0 Å². The van der Waals surface area contributed by atoms with Crippen molar-refractivity contribution >= 4 is 11.9 Å². The molecular weight excluding hydrogens is 447 g/mol. The lowest BCUT2D eigenvalue weighted by molar-refractivity contribution is -0.0829. The Balaban J connectivity index is 1.50. The molecule has 0 radical (unpaired) electrons. The molecule has 3 atom stereocenters. The first kappa shape index (κ1) is 23.1. The van der Waals surface area contributed by atoms with E-state index in [-0.39, 0.29) is 11.9 Å². The number of hydrogen-bond donors (Lipinski definition) is 1. The first-order valence-corrected chi connectivity index (χ1v) is 11.8. The van der Waals surface area contributed by atoms with Crippen LogP contribution >= 0.6 is 0 Å². The summed E-state index contributed by atoms with van der Waals surface area (Å²) in [6.45, 7) is 4.41. The summed E-state index contributed by atoms with van der Waals surface area (Å²) < 4.78 is 21.2. The third-order valence-corrected chi connectivity index (χ3v) is 6.53. The minimum Gasteiger partial charge on any atom is -0.495 e. The van der Waals surface area contributed by atoms with E-state index in [1.807, 2.05) is 35.9 Å². The van der Waals surface area contributed by atoms with Crippen LogP contribution in [0.3, 0.4) is 0 Å². The third-order valence-electron chi connectivity index (χ3n) is 6.53. The van der Waals surface area contributed by atoms with Crippen molar-refractivity contribution in [3.8, 4) is 11.4 Å². The Bertz CT molecular complexity index is 1270. The minimum atomic E-state index is -0.742. The Hall–Kier alpha value is -3.65. The van der Waals surface area contributed by atoms with Gasteiger partial charge in [-0.2, -0.15) is 0 Å². The van der Waals surface area contributed by atoms with E-state index in [1.165, 1.54) is 12.1 Å². The Kier molecular flexibility index (Phi) is 6.30. The summed E-state index contributed by atoms with van der Waals surface area (Å²) in [5.74, 6) is 1.19. The van der Waals surface area contributed by atoms with Gasteiger partial charge in [-0.05, 0) is 73.7 Å². The van der Waals surface area contributed by atoms with Crippen LogP contribution in [0.5, 0.6) is 5.75 Å². The maximum atomic E-state index is 13.6. The smallest absolute Gasteiger partial charge is 0.177 e. The highest BCUT2D eigenvalue weighted by atomic mass is 19.1. The zero-order valence-corrected chi connectivity index (χ0v) is 20.1. The molecule has 1 aromatic heterocycles. The van der Waals surface area contributed by atoms with Crippen molar-refractivity contribution in [1.29, 1.82) is 0 Å². The van der Waals surface area contributed by atoms with Crippen LogP contribution in [0.1, 0.15) is 42.6 Å². The molecule has 5 rings (SSSR count). The van der Waals surface area contributed by atoms with Crippen molar-refractivity contribution in [3.63, 3.8) is 0 Å². The quantitative estimate of drug-likeness (QED) is 0.581. The number of hydrogen-bond acceptors (Lipinski definition) is 6. The van der Waals surface area contributed by atoms with Gasteiger partial charge in [0.1, 0.15) is 11.6 Å². The van der Waals surface area contributed by atoms with Gasteiger partial charge in [0.05, 0.1) is 37.0 Å². The summed E-state index contributed by atoms with van der Waals surface area (Å²) in [6, 6.07) is 12.2. The van der Waals surface area contributed by atoms with Crippen LogP contribution in [0.25, 0.3) is 11.8 Å². The molecule has 2 aromatic carbocycles. The molecule has 2 aliphatic heterocycles. The molecule has 7 nitrogen and oxygen atoms in total. The number of imidazole rings is 1.